The molecule has 0 saturated heterocycles. The molecule has 1 atom stereocenters. The standard InChI is InChI=1S/C30H39NO2/c1-23(2)31(24(3)4)20-12-11-17-28(26-15-9-6-10-16-26)29-21-27(32)18-19-30(29)33-22-25-13-7-5-8-14-25/h5-10,13-16,18-19,21,23-24,28,32H,11-12,17,20,22H2,1-4H3/t28-/m1/s1. The second kappa shape index (κ2) is 12.5. The molecule has 0 spiro atoms. The van der Waals surface area contributed by atoms with Crippen LogP contribution in [0.2, 0.25) is 0 Å². The molecule has 0 heterocycles. The Morgan fingerprint density at radius 1 is 0.788 bits per heavy atom. The van der Waals surface area contributed by atoms with Crippen molar-refractivity contribution >= 4 is 0 Å². The summed E-state index contributed by atoms with van der Waals surface area (Å²) in [5, 5.41) is 10.3. The third-order valence-electron chi connectivity index (χ3n) is 6.29. The molecule has 1 N–H and O–H groups in total. The molecule has 3 heteroatoms. The first-order valence-corrected chi connectivity index (χ1v) is 12.3. The van der Waals surface area contributed by atoms with E-state index in [-0.39, 0.29) is 11.7 Å². The van der Waals surface area contributed by atoms with Crippen LogP contribution < -0.4 is 4.74 Å². The highest BCUT2D eigenvalue weighted by Gasteiger charge is 2.20. The molecule has 3 aromatic rings. The van der Waals surface area contributed by atoms with Crippen molar-refractivity contribution in [2.24, 2.45) is 0 Å². The van der Waals surface area contributed by atoms with E-state index >= 15 is 0 Å². The lowest BCUT2D eigenvalue weighted by Gasteiger charge is -2.30. The summed E-state index contributed by atoms with van der Waals surface area (Å²) in [6.45, 7) is 10.7. The van der Waals surface area contributed by atoms with Crippen molar-refractivity contribution < 1.29 is 9.84 Å². The molecule has 0 aromatic heterocycles. The van der Waals surface area contributed by atoms with Crippen LogP contribution in [0.3, 0.4) is 0 Å². The Labute approximate surface area is 200 Å². The third kappa shape index (κ3) is 7.36. The van der Waals surface area contributed by atoms with Gasteiger partial charge in [-0.3, -0.25) is 4.90 Å². The van der Waals surface area contributed by atoms with Crippen molar-refractivity contribution in [2.45, 2.75) is 71.6 Å². The van der Waals surface area contributed by atoms with Crippen LogP contribution in [-0.4, -0.2) is 28.6 Å². The zero-order valence-electron chi connectivity index (χ0n) is 20.6. The summed E-state index contributed by atoms with van der Waals surface area (Å²) in [6, 6.07) is 27.4. The number of hydrogen-bond acceptors (Lipinski definition) is 3. The van der Waals surface area contributed by atoms with Gasteiger partial charge in [-0.2, -0.15) is 0 Å². The topological polar surface area (TPSA) is 32.7 Å². The predicted molar refractivity (Wildman–Crippen MR) is 138 cm³/mol. The van der Waals surface area contributed by atoms with Gasteiger partial charge in [0.2, 0.25) is 0 Å². The summed E-state index contributed by atoms with van der Waals surface area (Å²) in [7, 11) is 0. The maximum absolute atomic E-state index is 10.3. The fourth-order valence-electron chi connectivity index (χ4n) is 4.62. The van der Waals surface area contributed by atoms with Crippen LogP contribution in [0, 0.1) is 0 Å². The largest absolute Gasteiger partial charge is 0.508 e. The molecule has 0 amide bonds. The van der Waals surface area contributed by atoms with Crippen LogP contribution in [0.4, 0.5) is 0 Å². The number of ether oxygens (including phenoxy) is 1. The first-order valence-electron chi connectivity index (χ1n) is 12.3. The number of phenolic OH excluding ortho intramolecular Hbond substituents is 1. The zero-order valence-corrected chi connectivity index (χ0v) is 20.6. The fraction of sp³-hybridized carbons (Fsp3) is 0.400. The van der Waals surface area contributed by atoms with Gasteiger partial charge in [0.25, 0.3) is 0 Å². The van der Waals surface area contributed by atoms with Crippen molar-refractivity contribution in [1.29, 1.82) is 0 Å². The molecule has 0 aliphatic heterocycles. The Balaban J connectivity index is 1.78. The summed E-state index contributed by atoms with van der Waals surface area (Å²) in [5.41, 5.74) is 3.45. The van der Waals surface area contributed by atoms with Crippen LogP contribution in [0.15, 0.2) is 78.9 Å². The fourth-order valence-corrected chi connectivity index (χ4v) is 4.62. The molecule has 0 fully saturated rings. The number of nitrogens with zero attached hydrogens (tertiary/aromatic N) is 1. The quantitative estimate of drug-likeness (QED) is 0.295. The molecule has 33 heavy (non-hydrogen) atoms. The lowest BCUT2D eigenvalue weighted by Crippen LogP contribution is -2.37. The van der Waals surface area contributed by atoms with E-state index in [4.69, 9.17) is 4.74 Å². The molecule has 176 valence electrons. The van der Waals surface area contributed by atoms with E-state index in [9.17, 15) is 5.11 Å². The van der Waals surface area contributed by atoms with Gasteiger partial charge >= 0.3 is 0 Å². The number of aromatic hydroxyl groups is 1. The van der Waals surface area contributed by atoms with Crippen LogP contribution in [0.25, 0.3) is 0 Å². The lowest BCUT2D eigenvalue weighted by molar-refractivity contribution is 0.171. The second-order valence-electron chi connectivity index (χ2n) is 9.38. The van der Waals surface area contributed by atoms with E-state index in [2.05, 4.69) is 75.1 Å². The minimum atomic E-state index is 0.177. The Morgan fingerprint density at radius 2 is 1.42 bits per heavy atom. The molecule has 3 nitrogen and oxygen atoms in total. The van der Waals surface area contributed by atoms with Crippen LogP contribution in [0.5, 0.6) is 11.5 Å². The van der Waals surface area contributed by atoms with Crippen LogP contribution in [0.1, 0.15) is 69.6 Å². The molecular formula is C30H39NO2. The molecule has 0 bridgehead atoms. The number of phenols is 1. The molecule has 0 saturated carbocycles. The summed E-state index contributed by atoms with van der Waals surface area (Å²) in [5.74, 6) is 1.30. The predicted octanol–water partition coefficient (Wildman–Crippen LogP) is 7.39. The van der Waals surface area contributed by atoms with Gasteiger partial charge in [-0.1, -0.05) is 67.1 Å². The van der Waals surface area contributed by atoms with E-state index in [1.54, 1.807) is 6.07 Å². The molecule has 0 radical (unpaired) electrons. The summed E-state index contributed by atoms with van der Waals surface area (Å²) < 4.78 is 6.27. The summed E-state index contributed by atoms with van der Waals surface area (Å²) >= 11 is 0. The number of hydrogen-bond donors (Lipinski definition) is 1. The van der Waals surface area contributed by atoms with Crippen molar-refractivity contribution in [2.75, 3.05) is 6.54 Å². The van der Waals surface area contributed by atoms with E-state index < -0.39 is 0 Å². The Hall–Kier alpha value is -2.78. The van der Waals surface area contributed by atoms with Crippen molar-refractivity contribution in [1.82, 2.24) is 4.90 Å². The molecule has 0 unspecified atom stereocenters. The molecule has 3 rings (SSSR count). The van der Waals surface area contributed by atoms with E-state index in [0.717, 1.165) is 42.7 Å². The SMILES string of the molecule is CC(C)N(CCCC[C@H](c1ccccc1)c1cc(O)ccc1OCc1ccccc1)C(C)C. The van der Waals surface area contributed by atoms with Crippen molar-refractivity contribution in [3.8, 4) is 11.5 Å². The van der Waals surface area contributed by atoms with Gasteiger partial charge in [0, 0.05) is 23.6 Å². The number of unbranched alkanes of at least 4 members (excludes halogenated alkanes) is 1. The summed E-state index contributed by atoms with van der Waals surface area (Å²) in [6.07, 6.45) is 3.28. The van der Waals surface area contributed by atoms with Crippen LogP contribution in [-0.2, 0) is 6.61 Å². The highest BCUT2D eigenvalue weighted by atomic mass is 16.5. The van der Waals surface area contributed by atoms with Gasteiger partial charge in [-0.15, -0.1) is 0 Å². The lowest BCUT2D eigenvalue weighted by atomic mass is 9.86. The van der Waals surface area contributed by atoms with Gasteiger partial charge < -0.3 is 9.84 Å². The number of benzene rings is 3. The Morgan fingerprint density at radius 3 is 2.06 bits per heavy atom. The Kier molecular flexibility index (Phi) is 9.38. The maximum atomic E-state index is 10.3. The molecule has 0 aliphatic rings. The van der Waals surface area contributed by atoms with Gasteiger partial charge in [0.1, 0.15) is 18.1 Å². The summed E-state index contributed by atoms with van der Waals surface area (Å²) in [4.78, 5) is 2.56. The number of rotatable bonds is 12. The highest BCUT2D eigenvalue weighted by Crippen LogP contribution is 2.38. The minimum absolute atomic E-state index is 0.177. The normalized spacial score (nSPS) is 12.5. The smallest absolute Gasteiger partial charge is 0.123 e. The second-order valence-corrected chi connectivity index (χ2v) is 9.38. The molecular weight excluding hydrogens is 406 g/mol. The van der Waals surface area contributed by atoms with E-state index in [0.29, 0.717) is 18.7 Å². The third-order valence-corrected chi connectivity index (χ3v) is 6.29. The van der Waals surface area contributed by atoms with Crippen molar-refractivity contribution in [3.05, 3.63) is 95.6 Å². The maximum Gasteiger partial charge on any atom is 0.123 e. The zero-order chi connectivity index (χ0) is 23.6. The first-order chi connectivity index (χ1) is 16.0. The molecule has 0 aliphatic carbocycles. The van der Waals surface area contributed by atoms with E-state index in [1.807, 2.05) is 30.3 Å². The Bertz CT molecular complexity index is 946. The van der Waals surface area contributed by atoms with Gasteiger partial charge in [-0.05, 0) is 76.4 Å². The monoisotopic (exact) mass is 445 g/mol. The molecule has 3 aromatic carbocycles. The van der Waals surface area contributed by atoms with Gasteiger partial charge in [-0.25, -0.2) is 0 Å². The van der Waals surface area contributed by atoms with Gasteiger partial charge in [0.05, 0.1) is 0 Å². The minimum Gasteiger partial charge on any atom is -0.508 e. The highest BCUT2D eigenvalue weighted by molar-refractivity contribution is 5.46. The average molecular weight is 446 g/mol. The van der Waals surface area contributed by atoms with Crippen LogP contribution >= 0.6 is 0 Å². The average Bonchev–Trinajstić information content (AvgIpc) is 2.81. The van der Waals surface area contributed by atoms with E-state index in [1.165, 1.54) is 5.56 Å². The van der Waals surface area contributed by atoms with Crippen molar-refractivity contribution in [3.63, 3.8) is 0 Å². The first kappa shape index (κ1) is 24.9. The van der Waals surface area contributed by atoms with Gasteiger partial charge in [0.15, 0.2) is 0 Å².